The highest BCUT2D eigenvalue weighted by molar-refractivity contribution is 5.74. The van der Waals surface area contributed by atoms with Crippen LogP contribution in [0.3, 0.4) is 0 Å². The summed E-state index contributed by atoms with van der Waals surface area (Å²) in [6.07, 6.45) is 0.994. The van der Waals surface area contributed by atoms with E-state index in [2.05, 4.69) is 43.6 Å². The first-order valence-electron chi connectivity index (χ1n) is 7.94. The molecule has 0 radical (unpaired) electrons. The second kappa shape index (κ2) is 6.56. The predicted octanol–water partition coefficient (Wildman–Crippen LogP) is 2.98. The van der Waals surface area contributed by atoms with Gasteiger partial charge in [0.05, 0.1) is 18.0 Å². The van der Waals surface area contributed by atoms with Crippen molar-refractivity contribution in [2.45, 2.75) is 39.7 Å². The highest BCUT2D eigenvalue weighted by Gasteiger charge is 2.26. The van der Waals surface area contributed by atoms with Crippen LogP contribution >= 0.6 is 0 Å². The Kier molecular flexibility index (Phi) is 4.99. The highest BCUT2D eigenvalue weighted by atomic mass is 16.5. The Balaban J connectivity index is 2.06. The van der Waals surface area contributed by atoms with Gasteiger partial charge in [0, 0.05) is 31.7 Å². The SMILES string of the molecule is CCCOc1cccc(N2CCN(C(C)(C)C)CC2)c1N. The summed E-state index contributed by atoms with van der Waals surface area (Å²) in [6.45, 7) is 13.8. The Morgan fingerprint density at radius 1 is 1.14 bits per heavy atom. The van der Waals surface area contributed by atoms with Crippen molar-refractivity contribution < 1.29 is 4.74 Å². The first-order chi connectivity index (χ1) is 9.93. The minimum Gasteiger partial charge on any atom is -0.491 e. The molecule has 1 saturated heterocycles. The third-order valence-corrected chi connectivity index (χ3v) is 4.07. The number of piperazine rings is 1. The van der Waals surface area contributed by atoms with Crippen molar-refractivity contribution in [2.75, 3.05) is 43.4 Å². The number of nitrogen functional groups attached to an aromatic ring is 1. The maximum Gasteiger partial charge on any atom is 0.144 e. The summed E-state index contributed by atoms with van der Waals surface area (Å²) in [5, 5.41) is 0. The van der Waals surface area contributed by atoms with Crippen LogP contribution in [0, 0.1) is 0 Å². The maximum atomic E-state index is 6.30. The van der Waals surface area contributed by atoms with E-state index >= 15 is 0 Å². The van der Waals surface area contributed by atoms with Gasteiger partial charge in [-0.2, -0.15) is 0 Å². The number of benzene rings is 1. The standard InChI is InChI=1S/C17H29N3O/c1-5-13-21-15-8-6-7-14(16(15)18)19-9-11-20(12-10-19)17(2,3)4/h6-8H,5,9-13,18H2,1-4H3. The lowest BCUT2D eigenvalue weighted by atomic mass is 10.0. The summed E-state index contributed by atoms with van der Waals surface area (Å²) in [5.41, 5.74) is 8.42. The van der Waals surface area contributed by atoms with Crippen molar-refractivity contribution in [2.24, 2.45) is 0 Å². The van der Waals surface area contributed by atoms with Crippen LogP contribution in [0.25, 0.3) is 0 Å². The molecule has 1 fully saturated rings. The molecule has 4 nitrogen and oxygen atoms in total. The van der Waals surface area contributed by atoms with Crippen LogP contribution in [0.5, 0.6) is 5.75 Å². The molecular formula is C17H29N3O. The molecular weight excluding hydrogens is 262 g/mol. The fourth-order valence-corrected chi connectivity index (χ4v) is 2.76. The average Bonchev–Trinajstić information content (AvgIpc) is 2.45. The molecule has 1 heterocycles. The van der Waals surface area contributed by atoms with E-state index in [0.29, 0.717) is 6.61 Å². The number of hydrogen-bond donors (Lipinski definition) is 1. The van der Waals surface area contributed by atoms with Crippen LogP contribution in [0.2, 0.25) is 0 Å². The number of ether oxygens (including phenoxy) is 1. The zero-order valence-electron chi connectivity index (χ0n) is 13.9. The number of anilines is 2. The zero-order valence-corrected chi connectivity index (χ0v) is 13.9. The molecule has 2 rings (SSSR count). The molecule has 0 bridgehead atoms. The Hall–Kier alpha value is -1.42. The summed E-state index contributed by atoms with van der Waals surface area (Å²) in [6, 6.07) is 6.09. The van der Waals surface area contributed by atoms with Crippen LogP contribution in [0.15, 0.2) is 18.2 Å². The third-order valence-electron chi connectivity index (χ3n) is 4.07. The van der Waals surface area contributed by atoms with Crippen molar-refractivity contribution >= 4 is 11.4 Å². The second-order valence-electron chi connectivity index (χ2n) is 6.68. The van der Waals surface area contributed by atoms with E-state index in [9.17, 15) is 0 Å². The minimum absolute atomic E-state index is 0.240. The normalized spacial score (nSPS) is 17.0. The molecule has 4 heteroatoms. The van der Waals surface area contributed by atoms with Gasteiger partial charge in [-0.25, -0.2) is 0 Å². The molecule has 1 aromatic carbocycles. The van der Waals surface area contributed by atoms with Crippen molar-refractivity contribution in [3.8, 4) is 5.75 Å². The molecule has 1 aliphatic heterocycles. The average molecular weight is 291 g/mol. The number of nitrogens with two attached hydrogens (primary N) is 1. The van der Waals surface area contributed by atoms with E-state index in [4.69, 9.17) is 10.5 Å². The van der Waals surface area contributed by atoms with E-state index < -0.39 is 0 Å². The molecule has 1 aliphatic rings. The Labute approximate surface area is 128 Å². The highest BCUT2D eigenvalue weighted by Crippen LogP contribution is 2.33. The van der Waals surface area contributed by atoms with Gasteiger partial charge in [0.2, 0.25) is 0 Å². The monoisotopic (exact) mass is 291 g/mol. The quantitative estimate of drug-likeness (QED) is 0.866. The first-order valence-corrected chi connectivity index (χ1v) is 7.94. The molecule has 0 aromatic heterocycles. The zero-order chi connectivity index (χ0) is 15.5. The summed E-state index contributed by atoms with van der Waals surface area (Å²) < 4.78 is 5.73. The van der Waals surface area contributed by atoms with E-state index in [-0.39, 0.29) is 5.54 Å². The molecule has 2 N–H and O–H groups in total. The number of nitrogens with zero attached hydrogens (tertiary/aromatic N) is 2. The van der Waals surface area contributed by atoms with E-state index in [0.717, 1.165) is 49.7 Å². The fraction of sp³-hybridized carbons (Fsp3) is 0.647. The number of rotatable bonds is 4. The molecule has 1 aromatic rings. The van der Waals surface area contributed by atoms with Gasteiger partial charge in [0.25, 0.3) is 0 Å². The van der Waals surface area contributed by atoms with Crippen LogP contribution in [-0.4, -0.2) is 43.2 Å². The molecule has 21 heavy (non-hydrogen) atoms. The summed E-state index contributed by atoms with van der Waals surface area (Å²) in [4.78, 5) is 4.90. The summed E-state index contributed by atoms with van der Waals surface area (Å²) in [5.74, 6) is 0.813. The van der Waals surface area contributed by atoms with Crippen LogP contribution in [-0.2, 0) is 0 Å². The van der Waals surface area contributed by atoms with Gasteiger partial charge in [-0.05, 0) is 39.3 Å². The largest absolute Gasteiger partial charge is 0.491 e. The minimum atomic E-state index is 0.240. The van der Waals surface area contributed by atoms with Gasteiger partial charge >= 0.3 is 0 Å². The van der Waals surface area contributed by atoms with Crippen molar-refractivity contribution in [3.63, 3.8) is 0 Å². The van der Waals surface area contributed by atoms with Crippen LogP contribution in [0.4, 0.5) is 11.4 Å². The van der Waals surface area contributed by atoms with Gasteiger partial charge in [-0.3, -0.25) is 4.90 Å². The van der Waals surface area contributed by atoms with Gasteiger partial charge in [0.1, 0.15) is 5.75 Å². The second-order valence-corrected chi connectivity index (χ2v) is 6.68. The Morgan fingerprint density at radius 2 is 1.81 bits per heavy atom. The third kappa shape index (κ3) is 3.82. The summed E-state index contributed by atoms with van der Waals surface area (Å²) in [7, 11) is 0. The van der Waals surface area contributed by atoms with Crippen LogP contribution in [0.1, 0.15) is 34.1 Å². The van der Waals surface area contributed by atoms with Gasteiger partial charge in [-0.15, -0.1) is 0 Å². The van der Waals surface area contributed by atoms with Crippen molar-refractivity contribution in [3.05, 3.63) is 18.2 Å². The molecule has 0 saturated carbocycles. The van der Waals surface area contributed by atoms with E-state index in [1.807, 2.05) is 12.1 Å². The molecule has 0 amide bonds. The van der Waals surface area contributed by atoms with Gasteiger partial charge in [0.15, 0.2) is 0 Å². The molecule has 0 atom stereocenters. The molecule has 0 aliphatic carbocycles. The fourth-order valence-electron chi connectivity index (χ4n) is 2.76. The Bertz CT molecular complexity index is 460. The lowest BCUT2D eigenvalue weighted by molar-refractivity contribution is 0.128. The molecule has 0 unspecified atom stereocenters. The molecule has 0 spiro atoms. The van der Waals surface area contributed by atoms with Crippen LogP contribution < -0.4 is 15.4 Å². The first kappa shape index (κ1) is 16.0. The topological polar surface area (TPSA) is 41.7 Å². The Morgan fingerprint density at radius 3 is 2.38 bits per heavy atom. The summed E-state index contributed by atoms with van der Waals surface area (Å²) >= 11 is 0. The van der Waals surface area contributed by atoms with Crippen molar-refractivity contribution in [1.82, 2.24) is 4.90 Å². The number of hydrogen-bond acceptors (Lipinski definition) is 4. The molecule has 118 valence electrons. The number of para-hydroxylation sites is 1. The van der Waals surface area contributed by atoms with Gasteiger partial charge < -0.3 is 15.4 Å². The predicted molar refractivity (Wildman–Crippen MR) is 90.2 cm³/mol. The smallest absolute Gasteiger partial charge is 0.144 e. The van der Waals surface area contributed by atoms with Gasteiger partial charge in [-0.1, -0.05) is 13.0 Å². The van der Waals surface area contributed by atoms with E-state index in [1.165, 1.54) is 0 Å². The van der Waals surface area contributed by atoms with Crippen molar-refractivity contribution in [1.29, 1.82) is 0 Å². The lowest BCUT2D eigenvalue weighted by Gasteiger charge is -2.43. The maximum absolute atomic E-state index is 6.30. The lowest BCUT2D eigenvalue weighted by Crippen LogP contribution is -2.53. The van der Waals surface area contributed by atoms with E-state index in [1.54, 1.807) is 0 Å².